The van der Waals surface area contributed by atoms with Crippen LogP contribution < -0.4 is 5.32 Å². The van der Waals surface area contributed by atoms with E-state index in [4.69, 9.17) is 0 Å². The molecule has 5 nitrogen and oxygen atoms in total. The Balaban J connectivity index is 1.56. The first-order chi connectivity index (χ1) is 11.4. The molecule has 1 N–H and O–H groups in total. The van der Waals surface area contributed by atoms with E-state index in [1.807, 2.05) is 0 Å². The van der Waals surface area contributed by atoms with Crippen molar-refractivity contribution in [1.82, 2.24) is 4.90 Å². The standard InChI is InChI=1S/C18H26N2O3S/c1-24(22,23)17-8-4-7-16(11-17)19-18(21)13-20-10-9-14-5-2-3-6-15(14)12-20/h4,7-8,11,14-15H,2-3,5-6,9-10,12-13H2,1H3,(H,19,21)/t14-,15-/m1/s1. The van der Waals surface area contributed by atoms with E-state index in [2.05, 4.69) is 10.2 Å². The normalized spacial score (nSPS) is 25.0. The molecular formula is C18H26N2O3S. The predicted octanol–water partition coefficient (Wildman–Crippen LogP) is 2.54. The number of anilines is 1. The number of rotatable bonds is 4. The Morgan fingerprint density at radius 3 is 2.71 bits per heavy atom. The summed E-state index contributed by atoms with van der Waals surface area (Å²) in [5.41, 5.74) is 0.537. The van der Waals surface area contributed by atoms with Crippen molar-refractivity contribution >= 4 is 21.4 Å². The van der Waals surface area contributed by atoms with Crippen LogP contribution in [0.3, 0.4) is 0 Å². The second-order valence-corrected chi connectivity index (χ2v) is 9.19. The minimum absolute atomic E-state index is 0.0742. The van der Waals surface area contributed by atoms with Crippen molar-refractivity contribution in [3.63, 3.8) is 0 Å². The van der Waals surface area contributed by atoms with Crippen LogP contribution >= 0.6 is 0 Å². The van der Waals surface area contributed by atoms with Crippen LogP contribution in [0.2, 0.25) is 0 Å². The Kier molecular flexibility index (Phi) is 5.25. The SMILES string of the molecule is CS(=O)(=O)c1cccc(NC(=O)CN2CC[C@H]3CCCC[C@@H]3C2)c1. The zero-order valence-corrected chi connectivity index (χ0v) is 15.0. The maximum Gasteiger partial charge on any atom is 0.238 e. The molecule has 1 aliphatic heterocycles. The highest BCUT2D eigenvalue weighted by Crippen LogP contribution is 2.35. The van der Waals surface area contributed by atoms with Gasteiger partial charge in [-0.15, -0.1) is 0 Å². The smallest absolute Gasteiger partial charge is 0.238 e. The molecule has 1 saturated heterocycles. The topological polar surface area (TPSA) is 66.5 Å². The first kappa shape index (κ1) is 17.4. The lowest BCUT2D eigenvalue weighted by atomic mass is 9.75. The highest BCUT2D eigenvalue weighted by molar-refractivity contribution is 7.90. The molecule has 132 valence electrons. The van der Waals surface area contributed by atoms with Gasteiger partial charge in [0.1, 0.15) is 0 Å². The van der Waals surface area contributed by atoms with Crippen LogP contribution in [0.5, 0.6) is 0 Å². The van der Waals surface area contributed by atoms with E-state index >= 15 is 0 Å². The number of hydrogen-bond acceptors (Lipinski definition) is 4. The Hall–Kier alpha value is -1.40. The average molecular weight is 350 g/mol. The van der Waals surface area contributed by atoms with Crippen LogP contribution in [0.1, 0.15) is 32.1 Å². The molecule has 2 atom stereocenters. The first-order valence-corrected chi connectivity index (χ1v) is 10.6. The van der Waals surface area contributed by atoms with Crippen LogP contribution in [-0.2, 0) is 14.6 Å². The Morgan fingerprint density at radius 1 is 1.21 bits per heavy atom. The van der Waals surface area contributed by atoms with Crippen LogP contribution in [-0.4, -0.2) is 45.1 Å². The third-order valence-electron chi connectivity index (χ3n) is 5.29. The zero-order chi connectivity index (χ0) is 17.2. The number of fused-ring (bicyclic) bond motifs is 1. The van der Waals surface area contributed by atoms with Crippen molar-refractivity contribution < 1.29 is 13.2 Å². The Labute approximate surface area is 144 Å². The third-order valence-corrected chi connectivity index (χ3v) is 6.40. The van der Waals surface area contributed by atoms with Gasteiger partial charge in [-0.25, -0.2) is 8.42 Å². The van der Waals surface area contributed by atoms with E-state index < -0.39 is 9.84 Å². The number of sulfone groups is 1. The molecule has 0 unspecified atom stereocenters. The molecule has 2 fully saturated rings. The average Bonchev–Trinajstić information content (AvgIpc) is 2.54. The monoisotopic (exact) mass is 350 g/mol. The molecule has 1 saturated carbocycles. The summed E-state index contributed by atoms with van der Waals surface area (Å²) in [5, 5.41) is 2.83. The molecule has 0 bridgehead atoms. The van der Waals surface area contributed by atoms with Crippen molar-refractivity contribution in [1.29, 1.82) is 0 Å². The van der Waals surface area contributed by atoms with E-state index in [1.54, 1.807) is 18.2 Å². The summed E-state index contributed by atoms with van der Waals surface area (Å²) in [7, 11) is -3.26. The van der Waals surface area contributed by atoms with Gasteiger partial charge in [-0.1, -0.05) is 25.3 Å². The third kappa shape index (κ3) is 4.36. The van der Waals surface area contributed by atoms with Gasteiger partial charge in [0.05, 0.1) is 11.4 Å². The van der Waals surface area contributed by atoms with Crippen LogP contribution in [0.15, 0.2) is 29.2 Å². The lowest BCUT2D eigenvalue weighted by Gasteiger charge is -2.41. The summed E-state index contributed by atoms with van der Waals surface area (Å²) < 4.78 is 23.2. The van der Waals surface area contributed by atoms with Gasteiger partial charge in [0.15, 0.2) is 9.84 Å². The van der Waals surface area contributed by atoms with Crippen molar-refractivity contribution in [2.45, 2.75) is 37.0 Å². The highest BCUT2D eigenvalue weighted by Gasteiger charge is 2.31. The number of hydrogen-bond donors (Lipinski definition) is 1. The fourth-order valence-electron chi connectivity index (χ4n) is 4.03. The molecule has 1 heterocycles. The van der Waals surface area contributed by atoms with E-state index in [1.165, 1.54) is 44.4 Å². The Morgan fingerprint density at radius 2 is 1.96 bits per heavy atom. The summed E-state index contributed by atoms with van der Waals surface area (Å²) in [4.78, 5) is 14.8. The number of carbonyl (C=O) groups excluding carboxylic acids is 1. The van der Waals surface area contributed by atoms with Crippen molar-refractivity contribution in [3.05, 3.63) is 24.3 Å². The fourth-order valence-corrected chi connectivity index (χ4v) is 4.69. The number of carbonyl (C=O) groups is 1. The maximum atomic E-state index is 12.3. The zero-order valence-electron chi connectivity index (χ0n) is 14.2. The summed E-state index contributed by atoms with van der Waals surface area (Å²) in [6, 6.07) is 6.43. The second kappa shape index (κ2) is 7.23. The van der Waals surface area contributed by atoms with Gasteiger partial charge in [-0.3, -0.25) is 9.69 Å². The number of nitrogens with zero attached hydrogens (tertiary/aromatic N) is 1. The van der Waals surface area contributed by atoms with Crippen LogP contribution in [0.25, 0.3) is 0 Å². The number of nitrogens with one attached hydrogen (secondary N) is 1. The molecule has 0 radical (unpaired) electrons. The molecule has 1 aromatic rings. The predicted molar refractivity (Wildman–Crippen MR) is 94.7 cm³/mol. The molecule has 6 heteroatoms. The molecule has 24 heavy (non-hydrogen) atoms. The van der Waals surface area contributed by atoms with E-state index in [9.17, 15) is 13.2 Å². The quantitative estimate of drug-likeness (QED) is 0.906. The van der Waals surface area contributed by atoms with Gasteiger partial charge < -0.3 is 5.32 Å². The van der Waals surface area contributed by atoms with E-state index in [-0.39, 0.29) is 10.8 Å². The van der Waals surface area contributed by atoms with Crippen LogP contribution in [0, 0.1) is 11.8 Å². The van der Waals surface area contributed by atoms with Crippen LogP contribution in [0.4, 0.5) is 5.69 Å². The first-order valence-electron chi connectivity index (χ1n) is 8.74. The highest BCUT2D eigenvalue weighted by atomic mass is 32.2. The molecule has 3 rings (SSSR count). The molecule has 1 aromatic carbocycles. The van der Waals surface area contributed by atoms with E-state index in [0.29, 0.717) is 12.2 Å². The maximum absolute atomic E-state index is 12.3. The molecular weight excluding hydrogens is 324 g/mol. The minimum atomic E-state index is -3.26. The summed E-state index contributed by atoms with van der Waals surface area (Å²) in [6.07, 6.45) is 7.68. The molecule has 1 amide bonds. The molecule has 2 aliphatic rings. The number of likely N-dealkylation sites (tertiary alicyclic amines) is 1. The minimum Gasteiger partial charge on any atom is -0.325 e. The van der Waals surface area contributed by atoms with Gasteiger partial charge in [0.25, 0.3) is 0 Å². The van der Waals surface area contributed by atoms with Gasteiger partial charge in [-0.2, -0.15) is 0 Å². The van der Waals surface area contributed by atoms with Gasteiger partial charge >= 0.3 is 0 Å². The fraction of sp³-hybridized carbons (Fsp3) is 0.611. The lowest BCUT2D eigenvalue weighted by Crippen LogP contribution is -2.44. The summed E-state index contributed by atoms with van der Waals surface area (Å²) >= 11 is 0. The number of benzene rings is 1. The van der Waals surface area contributed by atoms with Crippen molar-refractivity contribution in [2.75, 3.05) is 31.2 Å². The van der Waals surface area contributed by atoms with Gasteiger partial charge in [0, 0.05) is 18.5 Å². The van der Waals surface area contributed by atoms with E-state index in [0.717, 1.165) is 24.9 Å². The Bertz CT molecular complexity index is 702. The summed E-state index contributed by atoms with van der Waals surface area (Å²) in [6.45, 7) is 2.38. The molecule has 0 aromatic heterocycles. The molecule has 1 aliphatic carbocycles. The molecule has 0 spiro atoms. The van der Waals surface area contributed by atoms with Crippen molar-refractivity contribution in [2.24, 2.45) is 11.8 Å². The van der Waals surface area contributed by atoms with Crippen molar-refractivity contribution in [3.8, 4) is 0 Å². The second-order valence-electron chi connectivity index (χ2n) is 7.18. The van der Waals surface area contributed by atoms with Gasteiger partial charge in [-0.05, 0) is 49.4 Å². The number of amides is 1. The van der Waals surface area contributed by atoms with Gasteiger partial charge in [0.2, 0.25) is 5.91 Å². The number of piperidine rings is 1. The lowest BCUT2D eigenvalue weighted by molar-refractivity contribution is -0.118. The largest absolute Gasteiger partial charge is 0.325 e. The summed E-state index contributed by atoms with van der Waals surface area (Å²) in [5.74, 6) is 1.52.